The van der Waals surface area contributed by atoms with Gasteiger partial charge in [-0.3, -0.25) is 0 Å². The highest BCUT2D eigenvalue weighted by molar-refractivity contribution is 4.97. The zero-order chi connectivity index (χ0) is 5.98. The molecule has 2 nitrogen and oxygen atoms in total. The lowest BCUT2D eigenvalue weighted by Gasteiger charge is -2.12. The summed E-state index contributed by atoms with van der Waals surface area (Å²) in [5, 5.41) is 17.6. The third-order valence-corrected chi connectivity index (χ3v) is 1.36. The summed E-state index contributed by atoms with van der Waals surface area (Å²) in [7, 11) is 0. The maximum absolute atomic E-state index is 8.87. The van der Waals surface area contributed by atoms with Gasteiger partial charge in [-0.05, 0) is 18.9 Å². The van der Waals surface area contributed by atoms with E-state index in [1.54, 1.807) is 6.08 Å². The molecule has 1 aliphatic rings. The largest absolute Gasteiger partial charge is 0.513 e. The van der Waals surface area contributed by atoms with Crippen LogP contribution >= 0.6 is 0 Å². The van der Waals surface area contributed by atoms with E-state index in [9.17, 15) is 0 Å². The van der Waals surface area contributed by atoms with Gasteiger partial charge < -0.3 is 10.2 Å². The molecule has 46 valence electrons. The molecule has 0 saturated heterocycles. The van der Waals surface area contributed by atoms with Crippen molar-refractivity contribution in [3.8, 4) is 0 Å². The lowest BCUT2D eigenvalue weighted by atomic mass is 10.0. The smallest absolute Gasteiger partial charge is 0.0884 e. The van der Waals surface area contributed by atoms with E-state index >= 15 is 0 Å². The molecule has 1 rings (SSSR count). The lowest BCUT2D eigenvalue weighted by Crippen LogP contribution is -2.09. The number of aliphatic hydroxyl groups is 2. The average Bonchev–Trinajstić information content (AvgIpc) is 1.77. The minimum Gasteiger partial charge on any atom is -0.513 e. The van der Waals surface area contributed by atoms with Crippen LogP contribution < -0.4 is 0 Å². The third kappa shape index (κ3) is 1.23. The molecular formula is C6H10O2. The van der Waals surface area contributed by atoms with E-state index in [1.807, 2.05) is 0 Å². The highest BCUT2D eigenvalue weighted by atomic mass is 16.3. The molecule has 0 unspecified atom stereocenters. The van der Waals surface area contributed by atoms with Crippen molar-refractivity contribution >= 4 is 0 Å². The zero-order valence-electron chi connectivity index (χ0n) is 4.67. The molecule has 0 spiro atoms. The van der Waals surface area contributed by atoms with Gasteiger partial charge in [-0.15, -0.1) is 0 Å². The summed E-state index contributed by atoms with van der Waals surface area (Å²) in [6, 6.07) is 0. The van der Waals surface area contributed by atoms with Crippen molar-refractivity contribution < 1.29 is 10.2 Å². The monoisotopic (exact) mass is 114 g/mol. The van der Waals surface area contributed by atoms with E-state index in [4.69, 9.17) is 10.2 Å². The maximum atomic E-state index is 8.87. The second kappa shape index (κ2) is 2.18. The Morgan fingerprint density at radius 1 is 1.62 bits per heavy atom. The molecule has 0 aromatic heterocycles. The van der Waals surface area contributed by atoms with Crippen LogP contribution in [0.5, 0.6) is 0 Å². The fraction of sp³-hybridized carbons (Fsp3) is 0.667. The molecule has 0 heterocycles. The number of aliphatic hydroxyl groups excluding tert-OH is 2. The summed E-state index contributed by atoms with van der Waals surface area (Å²) in [6.45, 7) is 0. The molecule has 8 heavy (non-hydrogen) atoms. The van der Waals surface area contributed by atoms with Crippen LogP contribution in [0.4, 0.5) is 0 Å². The summed E-state index contributed by atoms with van der Waals surface area (Å²) < 4.78 is 0. The van der Waals surface area contributed by atoms with E-state index in [-0.39, 0.29) is 6.10 Å². The van der Waals surface area contributed by atoms with Crippen LogP contribution in [0.25, 0.3) is 0 Å². The van der Waals surface area contributed by atoms with Crippen molar-refractivity contribution in [2.24, 2.45) is 0 Å². The van der Waals surface area contributed by atoms with Crippen LogP contribution in [-0.4, -0.2) is 16.3 Å². The Morgan fingerprint density at radius 2 is 2.38 bits per heavy atom. The Balaban J connectivity index is 2.42. The van der Waals surface area contributed by atoms with Crippen LogP contribution in [0.3, 0.4) is 0 Å². The molecule has 0 aromatic rings. The Bertz CT molecular complexity index is 107. The first-order valence-corrected chi connectivity index (χ1v) is 2.85. The summed E-state index contributed by atoms with van der Waals surface area (Å²) in [5.74, 6) is 0.426. The summed E-state index contributed by atoms with van der Waals surface area (Å²) >= 11 is 0. The van der Waals surface area contributed by atoms with Gasteiger partial charge in [0.1, 0.15) is 0 Å². The van der Waals surface area contributed by atoms with Crippen molar-refractivity contribution in [1.82, 2.24) is 0 Å². The van der Waals surface area contributed by atoms with Gasteiger partial charge in [0.15, 0.2) is 0 Å². The van der Waals surface area contributed by atoms with Gasteiger partial charge in [-0.1, -0.05) is 0 Å². The zero-order valence-corrected chi connectivity index (χ0v) is 4.67. The fourth-order valence-corrected chi connectivity index (χ4v) is 0.806. The van der Waals surface area contributed by atoms with Gasteiger partial charge >= 0.3 is 0 Å². The molecule has 0 aliphatic heterocycles. The van der Waals surface area contributed by atoms with Gasteiger partial charge in [-0.2, -0.15) is 0 Å². The first-order valence-electron chi connectivity index (χ1n) is 2.85. The van der Waals surface area contributed by atoms with Crippen molar-refractivity contribution in [2.75, 3.05) is 0 Å². The van der Waals surface area contributed by atoms with E-state index in [0.717, 1.165) is 0 Å². The summed E-state index contributed by atoms with van der Waals surface area (Å²) in [5.41, 5.74) is 0. The standard InChI is InChI=1S/C6H10O2/c7-5-1-2-6(8)4-3-5/h1,6-8H,2-4H2/t6-/m0/s1. The lowest BCUT2D eigenvalue weighted by molar-refractivity contribution is 0.152. The second-order valence-electron chi connectivity index (χ2n) is 2.12. The SMILES string of the molecule is OC1=CC[C@H](O)CC1. The topological polar surface area (TPSA) is 40.5 Å². The van der Waals surface area contributed by atoms with Gasteiger partial charge in [0.05, 0.1) is 11.9 Å². The van der Waals surface area contributed by atoms with Crippen molar-refractivity contribution in [2.45, 2.75) is 25.4 Å². The predicted octanol–water partition coefficient (Wildman–Crippen LogP) is 0.973. The highest BCUT2D eigenvalue weighted by Gasteiger charge is 2.08. The van der Waals surface area contributed by atoms with E-state index in [1.165, 1.54) is 0 Å². The Hall–Kier alpha value is -0.500. The second-order valence-corrected chi connectivity index (χ2v) is 2.12. The number of hydrogen-bond acceptors (Lipinski definition) is 2. The molecule has 0 radical (unpaired) electrons. The molecule has 1 atom stereocenters. The Labute approximate surface area is 48.5 Å². The predicted molar refractivity (Wildman–Crippen MR) is 30.6 cm³/mol. The number of allylic oxidation sites excluding steroid dienone is 1. The maximum Gasteiger partial charge on any atom is 0.0884 e. The first kappa shape index (κ1) is 5.63. The molecule has 0 fully saturated rings. The Kier molecular flexibility index (Phi) is 1.53. The molecule has 0 saturated carbocycles. The molecule has 2 N–H and O–H groups in total. The number of rotatable bonds is 0. The van der Waals surface area contributed by atoms with Crippen LogP contribution in [0.1, 0.15) is 19.3 Å². The first-order chi connectivity index (χ1) is 3.79. The Morgan fingerprint density at radius 3 is 2.75 bits per heavy atom. The van der Waals surface area contributed by atoms with Crippen molar-refractivity contribution in [3.05, 3.63) is 11.8 Å². The van der Waals surface area contributed by atoms with Crippen LogP contribution in [0.2, 0.25) is 0 Å². The molecular weight excluding hydrogens is 104 g/mol. The van der Waals surface area contributed by atoms with Crippen molar-refractivity contribution in [3.63, 3.8) is 0 Å². The van der Waals surface area contributed by atoms with Gasteiger partial charge in [0.2, 0.25) is 0 Å². The number of hydrogen-bond donors (Lipinski definition) is 2. The minimum atomic E-state index is -0.217. The van der Waals surface area contributed by atoms with E-state index in [2.05, 4.69) is 0 Å². The van der Waals surface area contributed by atoms with Crippen LogP contribution in [0.15, 0.2) is 11.8 Å². The quantitative estimate of drug-likeness (QED) is 0.492. The van der Waals surface area contributed by atoms with E-state index in [0.29, 0.717) is 25.0 Å². The minimum absolute atomic E-state index is 0.217. The van der Waals surface area contributed by atoms with Gasteiger partial charge in [0, 0.05) is 6.42 Å². The van der Waals surface area contributed by atoms with Gasteiger partial charge in [-0.25, -0.2) is 0 Å². The van der Waals surface area contributed by atoms with Crippen LogP contribution in [0, 0.1) is 0 Å². The summed E-state index contributed by atoms with van der Waals surface area (Å²) in [6.07, 6.45) is 3.43. The summed E-state index contributed by atoms with van der Waals surface area (Å²) in [4.78, 5) is 0. The third-order valence-electron chi connectivity index (χ3n) is 1.36. The fourth-order valence-electron chi connectivity index (χ4n) is 0.806. The van der Waals surface area contributed by atoms with Gasteiger partial charge in [0.25, 0.3) is 0 Å². The highest BCUT2D eigenvalue weighted by Crippen LogP contribution is 2.14. The van der Waals surface area contributed by atoms with E-state index < -0.39 is 0 Å². The molecule has 2 heteroatoms. The van der Waals surface area contributed by atoms with Crippen LogP contribution in [-0.2, 0) is 0 Å². The molecule has 1 aliphatic carbocycles. The molecule has 0 aromatic carbocycles. The molecule has 0 bridgehead atoms. The average molecular weight is 114 g/mol. The molecule has 0 amide bonds. The van der Waals surface area contributed by atoms with Crippen molar-refractivity contribution in [1.29, 1.82) is 0 Å². The normalized spacial score (nSPS) is 29.6.